The van der Waals surface area contributed by atoms with Crippen LogP contribution in [0, 0.1) is 23.0 Å². The summed E-state index contributed by atoms with van der Waals surface area (Å²) in [5.41, 5.74) is 1.82. The zero-order valence-corrected chi connectivity index (χ0v) is 18.4. The monoisotopic (exact) mass is 464 g/mol. The van der Waals surface area contributed by atoms with Crippen molar-refractivity contribution in [2.45, 2.75) is 18.9 Å². The number of methoxy groups -OCH3 is 1. The molecule has 2 aromatic carbocycles. The lowest BCUT2D eigenvalue weighted by atomic mass is 10.1. The van der Waals surface area contributed by atoms with Crippen molar-refractivity contribution < 1.29 is 23.0 Å². The van der Waals surface area contributed by atoms with Crippen molar-refractivity contribution in [1.29, 1.82) is 5.26 Å². The molecule has 0 bridgehead atoms. The van der Waals surface area contributed by atoms with Crippen LogP contribution in [-0.4, -0.2) is 37.2 Å². The SMILES string of the molecule is COc1ccnc(C(=O)Nc2cc(C#N)ccc2N2CCC(Oc3ccc(F)cc3F)CC2)c1. The van der Waals surface area contributed by atoms with Crippen LogP contribution >= 0.6 is 0 Å². The van der Waals surface area contributed by atoms with Crippen LogP contribution in [0.1, 0.15) is 28.9 Å². The maximum atomic E-state index is 13.9. The zero-order valence-electron chi connectivity index (χ0n) is 18.4. The third-order valence-electron chi connectivity index (χ3n) is 5.54. The van der Waals surface area contributed by atoms with Gasteiger partial charge < -0.3 is 19.7 Å². The molecule has 1 amide bonds. The molecule has 7 nitrogen and oxygen atoms in total. The minimum absolute atomic E-state index is 0.0250. The molecule has 0 spiro atoms. The predicted molar refractivity (Wildman–Crippen MR) is 122 cm³/mol. The van der Waals surface area contributed by atoms with Crippen molar-refractivity contribution in [3.8, 4) is 17.6 Å². The standard InChI is InChI=1S/C25H22F2N4O3/c1-33-19-6-9-29-22(14-19)25(32)30-21-12-16(15-28)2-4-23(21)31-10-7-18(8-11-31)34-24-5-3-17(26)13-20(24)27/h2-6,9,12-14,18H,7-8,10-11H2,1H3,(H,30,32). The molecule has 0 radical (unpaired) electrons. The second-order valence-corrected chi connectivity index (χ2v) is 7.76. The number of hydrogen-bond donors (Lipinski definition) is 1. The summed E-state index contributed by atoms with van der Waals surface area (Å²) in [5, 5.41) is 12.2. The first-order chi connectivity index (χ1) is 16.5. The van der Waals surface area contributed by atoms with Crippen LogP contribution in [0.3, 0.4) is 0 Å². The number of aromatic nitrogens is 1. The fourth-order valence-corrected chi connectivity index (χ4v) is 3.80. The molecule has 174 valence electrons. The van der Waals surface area contributed by atoms with Crippen LogP contribution in [0.25, 0.3) is 0 Å². The van der Waals surface area contributed by atoms with Gasteiger partial charge in [0.2, 0.25) is 0 Å². The van der Waals surface area contributed by atoms with Crippen LogP contribution in [0.5, 0.6) is 11.5 Å². The molecule has 34 heavy (non-hydrogen) atoms. The van der Waals surface area contributed by atoms with Crippen LogP contribution in [0.15, 0.2) is 54.7 Å². The molecule has 0 unspecified atom stereocenters. The van der Waals surface area contributed by atoms with Gasteiger partial charge in [0, 0.05) is 44.3 Å². The molecule has 1 N–H and O–H groups in total. The maximum absolute atomic E-state index is 13.9. The lowest BCUT2D eigenvalue weighted by molar-refractivity contribution is 0.102. The number of rotatable bonds is 6. The number of hydrogen-bond acceptors (Lipinski definition) is 6. The average Bonchev–Trinajstić information content (AvgIpc) is 2.86. The number of nitrogens with one attached hydrogen (secondary N) is 1. The van der Waals surface area contributed by atoms with E-state index in [4.69, 9.17) is 9.47 Å². The predicted octanol–water partition coefficient (Wildman–Crippen LogP) is 4.54. The van der Waals surface area contributed by atoms with Gasteiger partial charge in [-0.3, -0.25) is 9.78 Å². The average molecular weight is 464 g/mol. The summed E-state index contributed by atoms with van der Waals surface area (Å²) in [6.07, 6.45) is 2.45. The van der Waals surface area contributed by atoms with Crippen molar-refractivity contribution in [1.82, 2.24) is 4.98 Å². The van der Waals surface area contributed by atoms with Crippen LogP contribution in [-0.2, 0) is 0 Å². The molecule has 0 saturated carbocycles. The molecule has 0 aliphatic carbocycles. The molecule has 1 fully saturated rings. The summed E-state index contributed by atoms with van der Waals surface area (Å²) < 4.78 is 37.9. The molecule has 1 saturated heterocycles. The molecular weight excluding hydrogens is 442 g/mol. The van der Waals surface area contributed by atoms with E-state index in [1.165, 1.54) is 25.4 Å². The summed E-state index contributed by atoms with van der Waals surface area (Å²) in [7, 11) is 1.50. The number of amides is 1. The molecule has 9 heteroatoms. The number of benzene rings is 2. The van der Waals surface area contributed by atoms with Gasteiger partial charge in [-0.2, -0.15) is 5.26 Å². The lowest BCUT2D eigenvalue weighted by Crippen LogP contribution is -2.38. The van der Waals surface area contributed by atoms with Gasteiger partial charge in [-0.1, -0.05) is 0 Å². The van der Waals surface area contributed by atoms with Crippen molar-refractivity contribution in [2.75, 3.05) is 30.4 Å². The van der Waals surface area contributed by atoms with E-state index in [2.05, 4.69) is 21.3 Å². The van der Waals surface area contributed by atoms with E-state index in [1.807, 2.05) is 0 Å². The molecule has 4 rings (SSSR count). The van der Waals surface area contributed by atoms with E-state index in [0.717, 1.165) is 17.8 Å². The highest BCUT2D eigenvalue weighted by atomic mass is 19.1. The number of anilines is 2. The molecule has 0 atom stereocenters. The Hall–Kier alpha value is -4.19. The number of nitriles is 1. The number of nitrogens with zero attached hydrogens (tertiary/aromatic N) is 3. The Bertz CT molecular complexity index is 1240. The quantitative estimate of drug-likeness (QED) is 0.576. The van der Waals surface area contributed by atoms with Crippen LogP contribution in [0.2, 0.25) is 0 Å². The third-order valence-corrected chi connectivity index (χ3v) is 5.54. The minimum Gasteiger partial charge on any atom is -0.497 e. The first-order valence-corrected chi connectivity index (χ1v) is 10.7. The number of halogens is 2. The largest absolute Gasteiger partial charge is 0.497 e. The second kappa shape index (κ2) is 10.2. The summed E-state index contributed by atoms with van der Waals surface area (Å²) in [4.78, 5) is 19.0. The number of piperidine rings is 1. The smallest absolute Gasteiger partial charge is 0.274 e. The van der Waals surface area contributed by atoms with Gasteiger partial charge >= 0.3 is 0 Å². The van der Waals surface area contributed by atoms with Gasteiger partial charge in [0.1, 0.15) is 23.4 Å². The molecule has 1 aliphatic heterocycles. The van der Waals surface area contributed by atoms with Gasteiger partial charge in [-0.15, -0.1) is 0 Å². The number of ether oxygens (including phenoxy) is 2. The third kappa shape index (κ3) is 5.23. The topological polar surface area (TPSA) is 87.5 Å². The Morgan fingerprint density at radius 1 is 1.15 bits per heavy atom. The summed E-state index contributed by atoms with van der Waals surface area (Å²) >= 11 is 0. The maximum Gasteiger partial charge on any atom is 0.274 e. The van der Waals surface area contributed by atoms with Crippen LogP contribution in [0.4, 0.5) is 20.2 Å². The Kier molecular flexibility index (Phi) is 6.87. The Morgan fingerprint density at radius 2 is 1.94 bits per heavy atom. The molecule has 2 heterocycles. The van der Waals surface area contributed by atoms with Crippen molar-refractivity contribution in [3.63, 3.8) is 0 Å². The van der Waals surface area contributed by atoms with E-state index in [-0.39, 0.29) is 17.5 Å². The zero-order chi connectivity index (χ0) is 24.1. The number of pyridine rings is 1. The molecular formula is C25H22F2N4O3. The van der Waals surface area contributed by atoms with E-state index in [9.17, 15) is 18.8 Å². The van der Waals surface area contributed by atoms with Gasteiger partial charge in [-0.05, 0) is 36.4 Å². The highest BCUT2D eigenvalue weighted by Gasteiger charge is 2.24. The summed E-state index contributed by atoms with van der Waals surface area (Å²) in [5.74, 6) is -1.28. The van der Waals surface area contributed by atoms with Crippen molar-refractivity contribution >= 4 is 17.3 Å². The second-order valence-electron chi connectivity index (χ2n) is 7.76. The number of carbonyl (C=O) groups excluding carboxylic acids is 1. The number of carbonyl (C=O) groups is 1. The fraction of sp³-hybridized carbons (Fsp3) is 0.240. The molecule has 3 aromatic rings. The fourth-order valence-electron chi connectivity index (χ4n) is 3.80. The van der Waals surface area contributed by atoms with Gasteiger partial charge in [0.05, 0.1) is 30.1 Å². The van der Waals surface area contributed by atoms with Crippen molar-refractivity contribution in [2.24, 2.45) is 0 Å². The highest BCUT2D eigenvalue weighted by molar-refractivity contribution is 6.05. The lowest BCUT2D eigenvalue weighted by Gasteiger charge is -2.34. The Balaban J connectivity index is 1.48. The van der Waals surface area contributed by atoms with Gasteiger partial charge in [0.15, 0.2) is 11.6 Å². The normalized spacial score (nSPS) is 13.8. The van der Waals surface area contributed by atoms with Gasteiger partial charge in [0.25, 0.3) is 5.91 Å². The highest BCUT2D eigenvalue weighted by Crippen LogP contribution is 2.31. The summed E-state index contributed by atoms with van der Waals surface area (Å²) in [6.45, 7) is 1.17. The molecule has 1 aliphatic rings. The van der Waals surface area contributed by atoms with E-state index < -0.39 is 17.5 Å². The summed E-state index contributed by atoms with van der Waals surface area (Å²) in [6, 6.07) is 13.6. The first-order valence-electron chi connectivity index (χ1n) is 10.7. The van der Waals surface area contributed by atoms with Crippen LogP contribution < -0.4 is 19.7 Å². The van der Waals surface area contributed by atoms with E-state index in [1.54, 1.807) is 24.3 Å². The minimum atomic E-state index is -0.731. The van der Waals surface area contributed by atoms with Gasteiger partial charge in [-0.25, -0.2) is 8.78 Å². The Labute approximate surface area is 195 Å². The molecule has 1 aromatic heterocycles. The van der Waals surface area contributed by atoms with Crippen molar-refractivity contribution in [3.05, 3.63) is 77.6 Å². The van der Waals surface area contributed by atoms with E-state index in [0.29, 0.717) is 42.9 Å². The first kappa shape index (κ1) is 23.0. The van der Waals surface area contributed by atoms with E-state index >= 15 is 0 Å². The Morgan fingerprint density at radius 3 is 2.65 bits per heavy atom.